The standard InChI is InChI=1S/C10H23NO2/c1-5-13-8-10(3)11-6-9(2)7-12-4/h9-11H,5-8H2,1-4H3. The van der Waals surface area contributed by atoms with Crippen LogP contribution in [0.2, 0.25) is 0 Å². The molecule has 0 fully saturated rings. The summed E-state index contributed by atoms with van der Waals surface area (Å²) in [4.78, 5) is 0. The molecular weight excluding hydrogens is 166 g/mol. The molecule has 3 heteroatoms. The quantitative estimate of drug-likeness (QED) is 0.624. The maximum Gasteiger partial charge on any atom is 0.0616 e. The Morgan fingerprint density at radius 3 is 2.46 bits per heavy atom. The van der Waals surface area contributed by atoms with Gasteiger partial charge in [0.05, 0.1) is 6.61 Å². The fourth-order valence-corrected chi connectivity index (χ4v) is 1.10. The second kappa shape index (κ2) is 8.48. The Balaban J connectivity index is 3.29. The van der Waals surface area contributed by atoms with Crippen LogP contribution in [-0.2, 0) is 9.47 Å². The van der Waals surface area contributed by atoms with E-state index >= 15 is 0 Å². The predicted molar refractivity (Wildman–Crippen MR) is 55.0 cm³/mol. The van der Waals surface area contributed by atoms with Crippen LogP contribution in [0.4, 0.5) is 0 Å². The SMILES string of the molecule is CCOCC(C)NCC(C)COC. The summed E-state index contributed by atoms with van der Waals surface area (Å²) in [6.07, 6.45) is 0. The molecule has 0 amide bonds. The van der Waals surface area contributed by atoms with Gasteiger partial charge in [-0.1, -0.05) is 6.92 Å². The van der Waals surface area contributed by atoms with Gasteiger partial charge in [-0.3, -0.25) is 0 Å². The van der Waals surface area contributed by atoms with Gasteiger partial charge in [0.1, 0.15) is 0 Å². The van der Waals surface area contributed by atoms with Crippen LogP contribution in [0.5, 0.6) is 0 Å². The van der Waals surface area contributed by atoms with E-state index in [9.17, 15) is 0 Å². The van der Waals surface area contributed by atoms with Crippen LogP contribution in [-0.4, -0.2) is 39.5 Å². The Morgan fingerprint density at radius 1 is 1.23 bits per heavy atom. The van der Waals surface area contributed by atoms with E-state index in [4.69, 9.17) is 9.47 Å². The zero-order valence-electron chi connectivity index (χ0n) is 9.30. The molecule has 0 saturated carbocycles. The van der Waals surface area contributed by atoms with Crippen LogP contribution in [0.3, 0.4) is 0 Å². The highest BCUT2D eigenvalue weighted by molar-refractivity contribution is 4.62. The first kappa shape index (κ1) is 12.9. The van der Waals surface area contributed by atoms with Crippen LogP contribution in [0.25, 0.3) is 0 Å². The highest BCUT2D eigenvalue weighted by Crippen LogP contribution is 1.93. The third-order valence-corrected chi connectivity index (χ3v) is 1.84. The molecule has 0 aliphatic carbocycles. The Labute approximate surface area is 81.8 Å². The number of methoxy groups -OCH3 is 1. The average molecular weight is 189 g/mol. The van der Waals surface area contributed by atoms with Gasteiger partial charge < -0.3 is 14.8 Å². The zero-order chi connectivity index (χ0) is 10.1. The minimum Gasteiger partial charge on any atom is -0.384 e. The Kier molecular flexibility index (Phi) is 8.40. The molecule has 0 aliphatic rings. The van der Waals surface area contributed by atoms with E-state index < -0.39 is 0 Å². The maximum absolute atomic E-state index is 5.29. The van der Waals surface area contributed by atoms with Gasteiger partial charge in [-0.2, -0.15) is 0 Å². The summed E-state index contributed by atoms with van der Waals surface area (Å²) in [5.41, 5.74) is 0. The van der Waals surface area contributed by atoms with Crippen molar-refractivity contribution in [1.29, 1.82) is 0 Å². The summed E-state index contributed by atoms with van der Waals surface area (Å²) in [6.45, 7) is 9.70. The van der Waals surface area contributed by atoms with E-state index in [0.29, 0.717) is 12.0 Å². The second-order valence-electron chi connectivity index (χ2n) is 3.53. The Morgan fingerprint density at radius 2 is 1.92 bits per heavy atom. The van der Waals surface area contributed by atoms with Crippen LogP contribution in [0.15, 0.2) is 0 Å². The lowest BCUT2D eigenvalue weighted by molar-refractivity contribution is 0.120. The van der Waals surface area contributed by atoms with Crippen molar-refractivity contribution >= 4 is 0 Å². The first-order valence-electron chi connectivity index (χ1n) is 5.00. The summed E-state index contributed by atoms with van der Waals surface area (Å²) >= 11 is 0. The van der Waals surface area contributed by atoms with Crippen molar-refractivity contribution in [3.8, 4) is 0 Å². The van der Waals surface area contributed by atoms with Crippen molar-refractivity contribution < 1.29 is 9.47 Å². The van der Waals surface area contributed by atoms with E-state index in [1.165, 1.54) is 0 Å². The van der Waals surface area contributed by atoms with Crippen LogP contribution < -0.4 is 5.32 Å². The fourth-order valence-electron chi connectivity index (χ4n) is 1.10. The number of ether oxygens (including phenoxy) is 2. The van der Waals surface area contributed by atoms with Crippen molar-refractivity contribution in [3.05, 3.63) is 0 Å². The highest BCUT2D eigenvalue weighted by Gasteiger charge is 2.04. The highest BCUT2D eigenvalue weighted by atomic mass is 16.5. The average Bonchev–Trinajstić information content (AvgIpc) is 2.12. The van der Waals surface area contributed by atoms with Gasteiger partial charge in [0.15, 0.2) is 0 Å². The summed E-state index contributed by atoms with van der Waals surface area (Å²) in [6, 6.07) is 0.430. The number of hydrogen-bond acceptors (Lipinski definition) is 3. The molecule has 80 valence electrons. The normalized spacial score (nSPS) is 15.7. The van der Waals surface area contributed by atoms with Crippen molar-refractivity contribution in [3.63, 3.8) is 0 Å². The molecule has 3 nitrogen and oxygen atoms in total. The third kappa shape index (κ3) is 8.22. The summed E-state index contributed by atoms with van der Waals surface area (Å²) in [7, 11) is 1.74. The monoisotopic (exact) mass is 189 g/mol. The lowest BCUT2D eigenvalue weighted by Crippen LogP contribution is -2.34. The molecule has 0 bridgehead atoms. The molecule has 0 aromatic rings. The largest absolute Gasteiger partial charge is 0.384 e. The van der Waals surface area contributed by atoms with Crippen molar-refractivity contribution in [2.75, 3.05) is 33.5 Å². The lowest BCUT2D eigenvalue weighted by Gasteiger charge is -2.16. The van der Waals surface area contributed by atoms with Gasteiger partial charge >= 0.3 is 0 Å². The Bertz CT molecular complexity index is 109. The minimum atomic E-state index is 0.430. The topological polar surface area (TPSA) is 30.5 Å². The molecule has 0 aromatic heterocycles. The van der Waals surface area contributed by atoms with E-state index in [0.717, 1.165) is 26.4 Å². The summed E-state index contributed by atoms with van der Waals surface area (Å²) < 4.78 is 10.3. The van der Waals surface area contributed by atoms with Crippen molar-refractivity contribution in [2.45, 2.75) is 26.8 Å². The second-order valence-corrected chi connectivity index (χ2v) is 3.53. The van der Waals surface area contributed by atoms with E-state index in [-0.39, 0.29) is 0 Å². The van der Waals surface area contributed by atoms with Crippen molar-refractivity contribution in [1.82, 2.24) is 5.32 Å². The first-order chi connectivity index (χ1) is 6.20. The van der Waals surface area contributed by atoms with Gasteiger partial charge in [0.25, 0.3) is 0 Å². The molecule has 0 spiro atoms. The van der Waals surface area contributed by atoms with Crippen LogP contribution in [0, 0.1) is 5.92 Å². The molecule has 0 saturated heterocycles. The molecule has 0 aliphatic heterocycles. The third-order valence-electron chi connectivity index (χ3n) is 1.84. The first-order valence-corrected chi connectivity index (χ1v) is 5.00. The summed E-state index contributed by atoms with van der Waals surface area (Å²) in [5.74, 6) is 0.564. The molecule has 0 radical (unpaired) electrons. The van der Waals surface area contributed by atoms with E-state index in [2.05, 4.69) is 19.2 Å². The molecular formula is C10H23NO2. The molecule has 1 N–H and O–H groups in total. The van der Waals surface area contributed by atoms with E-state index in [1.54, 1.807) is 7.11 Å². The summed E-state index contributed by atoms with van der Waals surface area (Å²) in [5, 5.41) is 3.40. The molecule has 0 rings (SSSR count). The van der Waals surface area contributed by atoms with Crippen LogP contribution in [0.1, 0.15) is 20.8 Å². The molecule has 0 aromatic carbocycles. The smallest absolute Gasteiger partial charge is 0.0616 e. The minimum absolute atomic E-state index is 0.430. The number of rotatable bonds is 8. The molecule has 0 heterocycles. The molecule has 2 atom stereocenters. The van der Waals surface area contributed by atoms with Gasteiger partial charge in [-0.25, -0.2) is 0 Å². The molecule has 2 unspecified atom stereocenters. The van der Waals surface area contributed by atoms with Gasteiger partial charge in [0, 0.05) is 32.9 Å². The molecule has 13 heavy (non-hydrogen) atoms. The van der Waals surface area contributed by atoms with E-state index in [1.807, 2.05) is 6.92 Å². The number of hydrogen-bond donors (Lipinski definition) is 1. The van der Waals surface area contributed by atoms with Gasteiger partial charge in [0.2, 0.25) is 0 Å². The maximum atomic E-state index is 5.29. The van der Waals surface area contributed by atoms with Gasteiger partial charge in [-0.15, -0.1) is 0 Å². The Hall–Kier alpha value is -0.120. The number of nitrogens with one attached hydrogen (secondary N) is 1. The van der Waals surface area contributed by atoms with Crippen molar-refractivity contribution in [2.24, 2.45) is 5.92 Å². The fraction of sp³-hybridized carbons (Fsp3) is 1.00. The zero-order valence-corrected chi connectivity index (χ0v) is 9.30. The lowest BCUT2D eigenvalue weighted by atomic mass is 10.2. The van der Waals surface area contributed by atoms with Crippen LogP contribution >= 0.6 is 0 Å². The predicted octanol–water partition coefficient (Wildman–Crippen LogP) is 1.28. The van der Waals surface area contributed by atoms with Gasteiger partial charge in [-0.05, 0) is 19.8 Å².